The minimum absolute atomic E-state index is 0.0456. The van der Waals surface area contributed by atoms with Crippen LogP contribution in [0, 0.1) is 13.8 Å². The number of benzene rings is 2. The van der Waals surface area contributed by atoms with Gasteiger partial charge in [-0.2, -0.15) is 0 Å². The minimum Gasteiger partial charge on any atom is -0.497 e. The molecule has 7 nitrogen and oxygen atoms in total. The third-order valence-electron chi connectivity index (χ3n) is 4.92. The zero-order valence-electron chi connectivity index (χ0n) is 16.5. The number of methoxy groups -OCH3 is 1. The molecule has 0 saturated heterocycles. The van der Waals surface area contributed by atoms with Crippen LogP contribution in [0.2, 0.25) is 0 Å². The minimum atomic E-state index is -0.384. The SMILES string of the molecule is COc1ccc([C@H]2Nn3c(C)nnc3S[C@H]2C(=O)NCc2ccc(C)cc2)cc1. The van der Waals surface area contributed by atoms with Gasteiger partial charge >= 0.3 is 0 Å². The van der Waals surface area contributed by atoms with Crippen molar-refractivity contribution >= 4 is 17.7 Å². The molecule has 3 aromatic rings. The Labute approximate surface area is 173 Å². The summed E-state index contributed by atoms with van der Waals surface area (Å²) in [6.07, 6.45) is 0. The van der Waals surface area contributed by atoms with Gasteiger partial charge < -0.3 is 15.5 Å². The molecule has 2 atom stereocenters. The molecular weight excluding hydrogens is 386 g/mol. The van der Waals surface area contributed by atoms with Crippen molar-refractivity contribution in [3.63, 3.8) is 0 Å². The highest BCUT2D eigenvalue weighted by molar-refractivity contribution is 8.00. The topological polar surface area (TPSA) is 81.1 Å². The summed E-state index contributed by atoms with van der Waals surface area (Å²) >= 11 is 1.42. The van der Waals surface area contributed by atoms with E-state index in [1.165, 1.54) is 17.3 Å². The summed E-state index contributed by atoms with van der Waals surface area (Å²) in [4.78, 5) is 13.1. The Hall–Kier alpha value is -3.00. The molecule has 1 aliphatic rings. The number of aromatic nitrogens is 3. The van der Waals surface area contributed by atoms with Gasteiger partial charge in [0, 0.05) is 6.54 Å². The van der Waals surface area contributed by atoms with Gasteiger partial charge in [0.1, 0.15) is 16.8 Å². The van der Waals surface area contributed by atoms with E-state index in [2.05, 4.69) is 20.9 Å². The summed E-state index contributed by atoms with van der Waals surface area (Å²) in [5.41, 5.74) is 6.66. The van der Waals surface area contributed by atoms with E-state index >= 15 is 0 Å². The first kappa shape index (κ1) is 19.3. The molecule has 1 amide bonds. The van der Waals surface area contributed by atoms with Gasteiger partial charge in [-0.25, -0.2) is 4.68 Å². The first-order chi connectivity index (χ1) is 14.0. The van der Waals surface area contributed by atoms with Gasteiger partial charge in [0.15, 0.2) is 0 Å². The van der Waals surface area contributed by atoms with Crippen molar-refractivity contribution < 1.29 is 9.53 Å². The number of fused-ring (bicyclic) bond motifs is 1. The second kappa shape index (κ2) is 8.16. The molecule has 2 N–H and O–H groups in total. The molecule has 0 radical (unpaired) electrons. The van der Waals surface area contributed by atoms with Crippen molar-refractivity contribution in [1.29, 1.82) is 0 Å². The lowest BCUT2D eigenvalue weighted by Gasteiger charge is -2.32. The number of hydrogen-bond donors (Lipinski definition) is 2. The Bertz CT molecular complexity index is 1000. The second-order valence-corrected chi connectivity index (χ2v) is 8.10. The largest absolute Gasteiger partial charge is 0.497 e. The lowest BCUT2D eigenvalue weighted by molar-refractivity contribution is -0.121. The van der Waals surface area contributed by atoms with Crippen LogP contribution in [0.3, 0.4) is 0 Å². The number of nitrogens with zero attached hydrogens (tertiary/aromatic N) is 3. The summed E-state index contributed by atoms with van der Waals surface area (Å²) < 4.78 is 7.10. The number of ether oxygens (including phenoxy) is 1. The summed E-state index contributed by atoms with van der Waals surface area (Å²) in [5.74, 6) is 1.49. The zero-order chi connectivity index (χ0) is 20.4. The smallest absolute Gasteiger partial charge is 0.236 e. The zero-order valence-corrected chi connectivity index (χ0v) is 17.4. The summed E-state index contributed by atoms with van der Waals surface area (Å²) in [7, 11) is 1.64. The monoisotopic (exact) mass is 409 g/mol. The average molecular weight is 410 g/mol. The third kappa shape index (κ3) is 4.07. The van der Waals surface area contributed by atoms with Gasteiger partial charge in [-0.15, -0.1) is 10.2 Å². The Kier molecular flexibility index (Phi) is 5.44. The van der Waals surface area contributed by atoms with Crippen LogP contribution < -0.4 is 15.5 Å². The lowest BCUT2D eigenvalue weighted by Crippen LogP contribution is -2.44. The fourth-order valence-electron chi connectivity index (χ4n) is 3.22. The molecule has 4 rings (SSSR count). The van der Waals surface area contributed by atoms with Gasteiger partial charge in [-0.05, 0) is 37.1 Å². The van der Waals surface area contributed by atoms with E-state index in [1.54, 1.807) is 7.11 Å². The van der Waals surface area contributed by atoms with Crippen molar-refractivity contribution in [2.45, 2.75) is 36.8 Å². The van der Waals surface area contributed by atoms with Gasteiger partial charge in [0.25, 0.3) is 0 Å². The summed E-state index contributed by atoms with van der Waals surface area (Å²) in [6.45, 7) is 4.41. The van der Waals surface area contributed by atoms with Crippen LogP contribution in [0.5, 0.6) is 5.75 Å². The molecule has 8 heteroatoms. The molecule has 0 saturated carbocycles. The third-order valence-corrected chi connectivity index (χ3v) is 6.13. The highest BCUT2D eigenvalue weighted by Crippen LogP contribution is 2.37. The molecule has 0 fully saturated rings. The number of amides is 1. The Morgan fingerprint density at radius 3 is 2.55 bits per heavy atom. The molecule has 1 aliphatic heterocycles. The second-order valence-electron chi connectivity index (χ2n) is 6.99. The normalized spacial score (nSPS) is 17.9. The van der Waals surface area contributed by atoms with Crippen LogP contribution in [0.4, 0.5) is 0 Å². The van der Waals surface area contributed by atoms with E-state index in [4.69, 9.17) is 4.74 Å². The van der Waals surface area contributed by atoms with Crippen molar-refractivity contribution in [2.24, 2.45) is 0 Å². The lowest BCUT2D eigenvalue weighted by atomic mass is 10.0. The van der Waals surface area contributed by atoms with E-state index < -0.39 is 0 Å². The van der Waals surface area contributed by atoms with Crippen molar-refractivity contribution in [3.05, 3.63) is 71.0 Å². The molecule has 0 bridgehead atoms. The Morgan fingerprint density at radius 2 is 1.86 bits per heavy atom. The predicted molar refractivity (Wildman–Crippen MR) is 113 cm³/mol. The highest BCUT2D eigenvalue weighted by atomic mass is 32.2. The van der Waals surface area contributed by atoms with Crippen molar-refractivity contribution in [2.75, 3.05) is 12.5 Å². The number of rotatable bonds is 5. The summed E-state index contributed by atoms with van der Waals surface area (Å²) in [5, 5.41) is 11.7. The first-order valence-electron chi connectivity index (χ1n) is 9.37. The van der Waals surface area contributed by atoms with Crippen LogP contribution in [0.25, 0.3) is 0 Å². The van der Waals surface area contributed by atoms with E-state index in [0.717, 1.165) is 22.7 Å². The van der Waals surface area contributed by atoms with Crippen LogP contribution in [0.1, 0.15) is 28.6 Å². The number of nitrogens with one attached hydrogen (secondary N) is 2. The van der Waals surface area contributed by atoms with Crippen LogP contribution in [-0.4, -0.2) is 33.1 Å². The van der Waals surface area contributed by atoms with Crippen LogP contribution in [0.15, 0.2) is 53.7 Å². The first-order valence-corrected chi connectivity index (χ1v) is 10.3. The maximum Gasteiger partial charge on any atom is 0.236 e. The molecule has 150 valence electrons. The fourth-order valence-corrected chi connectivity index (χ4v) is 4.37. The Morgan fingerprint density at radius 1 is 1.14 bits per heavy atom. The van der Waals surface area contributed by atoms with Crippen molar-refractivity contribution in [1.82, 2.24) is 20.2 Å². The van der Waals surface area contributed by atoms with Gasteiger partial charge in [-0.1, -0.05) is 53.7 Å². The van der Waals surface area contributed by atoms with Crippen molar-refractivity contribution in [3.8, 4) is 5.75 Å². The van der Waals surface area contributed by atoms with E-state index in [-0.39, 0.29) is 17.2 Å². The number of carbonyl (C=O) groups is 1. The van der Waals surface area contributed by atoms with Gasteiger partial charge in [-0.3, -0.25) is 4.79 Å². The molecule has 29 heavy (non-hydrogen) atoms. The number of thioether (sulfide) groups is 1. The summed E-state index contributed by atoms with van der Waals surface area (Å²) in [6, 6.07) is 15.7. The molecule has 0 spiro atoms. The Balaban J connectivity index is 1.57. The fraction of sp³-hybridized carbons (Fsp3) is 0.286. The maximum absolute atomic E-state index is 13.1. The van der Waals surface area contributed by atoms with Crippen LogP contribution >= 0.6 is 11.8 Å². The van der Waals surface area contributed by atoms with Gasteiger partial charge in [0.2, 0.25) is 11.1 Å². The molecule has 1 aromatic heterocycles. The van der Waals surface area contributed by atoms with E-state index in [9.17, 15) is 4.79 Å². The van der Waals surface area contributed by atoms with Crippen LogP contribution in [-0.2, 0) is 11.3 Å². The standard InChI is InChI=1S/C21H23N5O2S/c1-13-4-6-15(7-5-13)12-22-20(27)19-18(16-8-10-17(28-3)11-9-16)25-26-14(2)23-24-21(26)29-19/h4-11,18-19,25H,12H2,1-3H3,(H,22,27)/t18-,19-/m1/s1. The molecule has 0 aliphatic carbocycles. The molecule has 0 unspecified atom stereocenters. The quantitative estimate of drug-likeness (QED) is 0.674. The highest BCUT2D eigenvalue weighted by Gasteiger charge is 2.37. The predicted octanol–water partition coefficient (Wildman–Crippen LogP) is 2.98. The number of carbonyl (C=O) groups excluding carboxylic acids is 1. The number of aryl methyl sites for hydroxylation is 2. The molecular formula is C21H23N5O2S. The molecule has 2 aromatic carbocycles. The maximum atomic E-state index is 13.1. The van der Waals surface area contributed by atoms with E-state index in [1.807, 2.05) is 67.1 Å². The van der Waals surface area contributed by atoms with Gasteiger partial charge in [0.05, 0.1) is 13.2 Å². The molecule has 2 heterocycles. The average Bonchev–Trinajstić information content (AvgIpc) is 3.12. The van der Waals surface area contributed by atoms with E-state index in [0.29, 0.717) is 11.7 Å². The number of hydrogen-bond acceptors (Lipinski definition) is 6.